The van der Waals surface area contributed by atoms with Crippen LogP contribution in [0.3, 0.4) is 0 Å². The first kappa shape index (κ1) is 22.3. The van der Waals surface area contributed by atoms with Gasteiger partial charge in [0.15, 0.2) is 0 Å². The average Bonchev–Trinajstić information content (AvgIpc) is 3.03. The second kappa shape index (κ2) is 9.15. The SMILES string of the molecule is CC(C)[C@@H](C(=O)OCC[Si](C)(C)C)N1CCCC1C1(C2CCOCC2)COC1. The minimum Gasteiger partial charge on any atom is -0.465 e. The summed E-state index contributed by atoms with van der Waals surface area (Å²) in [6, 6.07) is 1.33. The fourth-order valence-corrected chi connectivity index (χ4v) is 6.10. The van der Waals surface area contributed by atoms with Crippen molar-refractivity contribution in [2.75, 3.05) is 39.6 Å². The van der Waals surface area contributed by atoms with E-state index in [0.717, 1.165) is 51.9 Å². The van der Waals surface area contributed by atoms with E-state index in [-0.39, 0.29) is 23.3 Å². The van der Waals surface area contributed by atoms with Gasteiger partial charge in [0.05, 0.1) is 19.8 Å². The minimum atomic E-state index is -1.20. The van der Waals surface area contributed by atoms with Crippen LogP contribution in [-0.2, 0) is 19.0 Å². The number of rotatable bonds is 8. The lowest BCUT2D eigenvalue weighted by atomic mass is 9.64. The number of hydrogen-bond donors (Lipinski definition) is 0. The number of ether oxygens (including phenoxy) is 3. The molecule has 0 saturated carbocycles. The van der Waals surface area contributed by atoms with Crippen LogP contribution >= 0.6 is 0 Å². The van der Waals surface area contributed by atoms with Crippen LogP contribution in [0.5, 0.6) is 0 Å². The summed E-state index contributed by atoms with van der Waals surface area (Å²) >= 11 is 0. The van der Waals surface area contributed by atoms with Crippen LogP contribution in [0.1, 0.15) is 39.5 Å². The third-order valence-electron chi connectivity index (χ3n) is 7.06. The molecule has 5 nitrogen and oxygen atoms in total. The molecule has 0 aromatic rings. The first-order valence-corrected chi connectivity index (χ1v) is 15.0. The summed E-state index contributed by atoms with van der Waals surface area (Å²) in [6.45, 7) is 16.3. The number of hydrogen-bond acceptors (Lipinski definition) is 5. The molecule has 0 N–H and O–H groups in total. The van der Waals surface area contributed by atoms with Crippen LogP contribution in [-0.4, -0.2) is 70.6 Å². The Hall–Kier alpha value is -0.433. The van der Waals surface area contributed by atoms with Crippen molar-refractivity contribution in [2.45, 2.75) is 77.3 Å². The van der Waals surface area contributed by atoms with Crippen LogP contribution < -0.4 is 0 Å². The highest BCUT2D eigenvalue weighted by molar-refractivity contribution is 6.76. The van der Waals surface area contributed by atoms with E-state index in [9.17, 15) is 4.79 Å². The second-order valence-corrected chi connectivity index (χ2v) is 16.3. The molecule has 3 saturated heterocycles. The van der Waals surface area contributed by atoms with E-state index in [4.69, 9.17) is 14.2 Å². The molecule has 1 unspecified atom stereocenters. The predicted octanol–water partition coefficient (Wildman–Crippen LogP) is 3.80. The molecule has 0 aromatic carbocycles. The number of nitrogens with zero attached hydrogens (tertiary/aromatic N) is 1. The van der Waals surface area contributed by atoms with Gasteiger partial charge in [0.1, 0.15) is 6.04 Å². The molecule has 0 aliphatic carbocycles. The van der Waals surface area contributed by atoms with Crippen LogP contribution in [0.2, 0.25) is 25.7 Å². The molecule has 0 aromatic heterocycles. The molecule has 3 heterocycles. The summed E-state index contributed by atoms with van der Waals surface area (Å²) in [5.74, 6) is 0.895. The molecule has 3 aliphatic rings. The maximum absolute atomic E-state index is 13.1. The van der Waals surface area contributed by atoms with Gasteiger partial charge in [-0.05, 0) is 50.1 Å². The Morgan fingerprint density at radius 3 is 2.36 bits per heavy atom. The van der Waals surface area contributed by atoms with Crippen molar-refractivity contribution >= 4 is 14.0 Å². The molecule has 6 heteroatoms. The molecule has 2 atom stereocenters. The van der Waals surface area contributed by atoms with Crippen molar-refractivity contribution in [3.05, 3.63) is 0 Å². The molecule has 3 rings (SSSR count). The van der Waals surface area contributed by atoms with Gasteiger partial charge in [-0.1, -0.05) is 33.5 Å². The molecular weight excluding hydrogens is 370 g/mol. The summed E-state index contributed by atoms with van der Waals surface area (Å²) in [5, 5.41) is 0. The Labute approximate surface area is 172 Å². The van der Waals surface area contributed by atoms with Gasteiger partial charge >= 0.3 is 5.97 Å². The fraction of sp³-hybridized carbons (Fsp3) is 0.955. The van der Waals surface area contributed by atoms with Gasteiger partial charge in [0, 0.05) is 32.7 Å². The van der Waals surface area contributed by atoms with E-state index in [0.29, 0.717) is 18.6 Å². The molecule has 162 valence electrons. The van der Waals surface area contributed by atoms with Gasteiger partial charge in [-0.3, -0.25) is 9.69 Å². The van der Waals surface area contributed by atoms with E-state index in [1.54, 1.807) is 0 Å². The van der Waals surface area contributed by atoms with Gasteiger partial charge in [-0.25, -0.2) is 0 Å². The fourth-order valence-electron chi connectivity index (χ4n) is 5.38. The Morgan fingerprint density at radius 1 is 1.14 bits per heavy atom. The standard InChI is InChI=1S/C22H41NO4Si/c1-17(2)20(21(24)27-13-14-28(3,4)5)23-10-6-7-19(23)22(15-26-16-22)18-8-11-25-12-9-18/h17-20H,6-16H2,1-5H3/t19?,20-/m0/s1. The van der Waals surface area contributed by atoms with Crippen LogP contribution in [0.25, 0.3) is 0 Å². The van der Waals surface area contributed by atoms with Crippen molar-refractivity contribution in [1.82, 2.24) is 4.90 Å². The zero-order chi connectivity index (χ0) is 20.4. The first-order chi connectivity index (χ1) is 13.2. The quantitative estimate of drug-likeness (QED) is 0.449. The average molecular weight is 412 g/mol. The number of likely N-dealkylation sites (tertiary alicyclic amines) is 1. The molecule has 0 spiro atoms. The van der Waals surface area contributed by atoms with Crippen molar-refractivity contribution in [3.63, 3.8) is 0 Å². The van der Waals surface area contributed by atoms with Gasteiger partial charge in [0.25, 0.3) is 0 Å². The zero-order valence-electron chi connectivity index (χ0n) is 18.7. The van der Waals surface area contributed by atoms with Crippen molar-refractivity contribution in [3.8, 4) is 0 Å². The number of carbonyl (C=O) groups excluding carboxylic acids is 1. The topological polar surface area (TPSA) is 48.0 Å². The van der Waals surface area contributed by atoms with Crippen molar-refractivity contribution < 1.29 is 19.0 Å². The molecule has 0 amide bonds. The third-order valence-corrected chi connectivity index (χ3v) is 8.76. The molecular formula is C22H41NO4Si. The lowest BCUT2D eigenvalue weighted by Crippen LogP contribution is -2.63. The van der Waals surface area contributed by atoms with E-state index >= 15 is 0 Å². The Kier molecular flexibility index (Phi) is 7.27. The highest BCUT2D eigenvalue weighted by atomic mass is 28.3. The van der Waals surface area contributed by atoms with Gasteiger partial charge in [-0.15, -0.1) is 0 Å². The smallest absolute Gasteiger partial charge is 0.323 e. The lowest BCUT2D eigenvalue weighted by molar-refractivity contribution is -0.201. The van der Waals surface area contributed by atoms with Crippen molar-refractivity contribution in [2.24, 2.45) is 17.3 Å². The lowest BCUT2D eigenvalue weighted by Gasteiger charge is -2.55. The van der Waals surface area contributed by atoms with E-state index in [1.165, 1.54) is 12.8 Å². The third kappa shape index (κ3) is 4.82. The summed E-state index contributed by atoms with van der Waals surface area (Å²) in [4.78, 5) is 15.6. The largest absolute Gasteiger partial charge is 0.465 e. The summed E-state index contributed by atoms with van der Waals surface area (Å²) in [5.41, 5.74) is 0.200. The predicted molar refractivity (Wildman–Crippen MR) is 114 cm³/mol. The summed E-state index contributed by atoms with van der Waals surface area (Å²) in [6.07, 6.45) is 4.59. The molecule has 3 aliphatic heterocycles. The van der Waals surface area contributed by atoms with Gasteiger partial charge < -0.3 is 14.2 Å². The zero-order valence-corrected chi connectivity index (χ0v) is 19.7. The highest BCUT2D eigenvalue weighted by Gasteiger charge is 2.56. The Morgan fingerprint density at radius 2 is 1.82 bits per heavy atom. The van der Waals surface area contributed by atoms with Crippen LogP contribution in [0.4, 0.5) is 0 Å². The van der Waals surface area contributed by atoms with E-state index < -0.39 is 8.07 Å². The number of esters is 1. The minimum absolute atomic E-state index is 0.0116. The maximum atomic E-state index is 13.1. The normalized spacial score (nSPS) is 27.6. The van der Waals surface area contributed by atoms with Crippen molar-refractivity contribution in [1.29, 1.82) is 0 Å². The van der Waals surface area contributed by atoms with Gasteiger partial charge in [0.2, 0.25) is 0 Å². The first-order valence-electron chi connectivity index (χ1n) is 11.3. The molecule has 28 heavy (non-hydrogen) atoms. The maximum Gasteiger partial charge on any atom is 0.323 e. The number of carbonyl (C=O) groups is 1. The second-order valence-electron chi connectivity index (χ2n) is 10.7. The Balaban J connectivity index is 1.71. The Bertz CT molecular complexity index is 523. The van der Waals surface area contributed by atoms with Gasteiger partial charge in [-0.2, -0.15) is 0 Å². The van der Waals surface area contributed by atoms with Crippen LogP contribution in [0, 0.1) is 17.3 Å². The molecule has 3 fully saturated rings. The summed E-state index contributed by atoms with van der Waals surface area (Å²) < 4.78 is 17.2. The van der Waals surface area contributed by atoms with Crippen LogP contribution in [0.15, 0.2) is 0 Å². The monoisotopic (exact) mass is 411 g/mol. The highest BCUT2D eigenvalue weighted by Crippen LogP contribution is 2.49. The van der Waals surface area contributed by atoms with E-state index in [2.05, 4.69) is 38.4 Å². The van der Waals surface area contributed by atoms with E-state index in [1.807, 2.05) is 0 Å². The molecule has 0 radical (unpaired) electrons. The molecule has 0 bridgehead atoms. The summed E-state index contributed by atoms with van der Waals surface area (Å²) in [7, 11) is -1.20.